The Morgan fingerprint density at radius 2 is 1.78 bits per heavy atom. The average Bonchev–Trinajstić information content (AvgIpc) is 1.63. The summed E-state index contributed by atoms with van der Waals surface area (Å²) < 4.78 is 0.155. The fourth-order valence-electron chi connectivity index (χ4n) is 0.253. The average molecular weight is 208 g/mol. The zero-order valence-corrected chi connectivity index (χ0v) is 7.77. The van der Waals surface area contributed by atoms with Crippen LogP contribution < -0.4 is 0 Å². The first-order chi connectivity index (χ1) is 4.04. The number of hydrogen-bond acceptors (Lipinski definition) is 0. The van der Waals surface area contributed by atoms with E-state index in [-0.39, 0.29) is 15.2 Å². The van der Waals surface area contributed by atoms with E-state index in [0.29, 0.717) is 0 Å². The highest BCUT2D eigenvalue weighted by Gasteiger charge is 2.07. The summed E-state index contributed by atoms with van der Waals surface area (Å²) in [6.45, 7) is 1.77. The number of alkyl halides is 2. The minimum Gasteiger partial charge on any atom is -0.121 e. The minimum atomic E-state index is -0.295. The Hall–Kier alpha value is 0.900. The summed E-state index contributed by atoms with van der Waals surface area (Å²) in [5.74, 6) is 0. The molecule has 0 heterocycles. The summed E-state index contributed by atoms with van der Waals surface area (Å²) in [7, 11) is 0. The standard InChI is InChI=1S/C5H6Cl4/c1-3(6)4(7)2-5(8)9/h2-4H,1H3/t3-,4+/m0/s1. The van der Waals surface area contributed by atoms with E-state index in [4.69, 9.17) is 46.4 Å². The maximum Gasteiger partial charge on any atom is 0.104 e. The molecule has 0 rings (SSSR count). The van der Waals surface area contributed by atoms with Gasteiger partial charge in [-0.2, -0.15) is 0 Å². The maximum atomic E-state index is 5.63. The molecule has 0 radical (unpaired) electrons. The highest BCUT2D eigenvalue weighted by atomic mass is 35.5. The Morgan fingerprint density at radius 1 is 1.33 bits per heavy atom. The van der Waals surface area contributed by atoms with E-state index in [1.54, 1.807) is 6.92 Å². The van der Waals surface area contributed by atoms with Gasteiger partial charge in [-0.25, -0.2) is 0 Å². The van der Waals surface area contributed by atoms with Gasteiger partial charge in [0.15, 0.2) is 0 Å². The third-order valence-corrected chi connectivity index (χ3v) is 1.88. The summed E-state index contributed by atoms with van der Waals surface area (Å²) >= 11 is 21.8. The first-order valence-electron chi connectivity index (χ1n) is 2.35. The van der Waals surface area contributed by atoms with E-state index in [1.807, 2.05) is 0 Å². The normalized spacial score (nSPS) is 16.6. The zero-order valence-electron chi connectivity index (χ0n) is 4.74. The van der Waals surface area contributed by atoms with Gasteiger partial charge in [-0.3, -0.25) is 0 Å². The summed E-state index contributed by atoms with van der Waals surface area (Å²) in [4.78, 5) is 0. The minimum absolute atomic E-state index is 0.154. The van der Waals surface area contributed by atoms with Crippen molar-refractivity contribution in [3.8, 4) is 0 Å². The van der Waals surface area contributed by atoms with Crippen LogP contribution >= 0.6 is 46.4 Å². The fraction of sp³-hybridized carbons (Fsp3) is 0.600. The molecular formula is C5H6Cl4. The summed E-state index contributed by atoms with van der Waals surface area (Å²) in [6.07, 6.45) is 1.49. The Kier molecular flexibility index (Phi) is 5.14. The third-order valence-electron chi connectivity index (χ3n) is 0.724. The van der Waals surface area contributed by atoms with Gasteiger partial charge in [-0.15, -0.1) is 23.2 Å². The van der Waals surface area contributed by atoms with Gasteiger partial charge < -0.3 is 0 Å². The van der Waals surface area contributed by atoms with Crippen molar-refractivity contribution in [3.05, 3.63) is 10.6 Å². The Labute approximate surface area is 74.7 Å². The molecule has 0 fully saturated rings. The van der Waals surface area contributed by atoms with Crippen LogP contribution in [0.5, 0.6) is 0 Å². The van der Waals surface area contributed by atoms with Crippen LogP contribution in [0.3, 0.4) is 0 Å². The van der Waals surface area contributed by atoms with Gasteiger partial charge in [0, 0.05) is 0 Å². The molecule has 0 aromatic heterocycles. The SMILES string of the molecule is C[C@H](Cl)[C@H](Cl)C=C(Cl)Cl. The van der Waals surface area contributed by atoms with Crippen molar-refractivity contribution in [2.75, 3.05) is 0 Å². The van der Waals surface area contributed by atoms with Crippen LogP contribution in [-0.2, 0) is 0 Å². The molecule has 2 atom stereocenters. The molecule has 0 N–H and O–H groups in total. The van der Waals surface area contributed by atoms with E-state index in [1.165, 1.54) is 6.08 Å². The lowest BCUT2D eigenvalue weighted by Crippen LogP contribution is -2.06. The molecule has 0 aliphatic rings. The van der Waals surface area contributed by atoms with Crippen LogP contribution in [-0.4, -0.2) is 10.8 Å². The highest BCUT2D eigenvalue weighted by Crippen LogP contribution is 2.16. The molecule has 0 aromatic carbocycles. The van der Waals surface area contributed by atoms with E-state index >= 15 is 0 Å². The lowest BCUT2D eigenvalue weighted by Gasteiger charge is -2.03. The van der Waals surface area contributed by atoms with Crippen molar-refractivity contribution in [1.82, 2.24) is 0 Å². The molecule has 0 bridgehead atoms. The van der Waals surface area contributed by atoms with Crippen LogP contribution in [0.25, 0.3) is 0 Å². The van der Waals surface area contributed by atoms with Gasteiger partial charge in [0.05, 0.1) is 10.8 Å². The first kappa shape index (κ1) is 9.90. The van der Waals surface area contributed by atoms with Crippen LogP contribution in [0.15, 0.2) is 10.6 Å². The predicted octanol–water partition coefficient (Wildman–Crippen LogP) is 3.54. The molecule has 0 saturated heterocycles. The molecule has 9 heavy (non-hydrogen) atoms. The number of halogens is 4. The number of allylic oxidation sites excluding steroid dienone is 1. The topological polar surface area (TPSA) is 0 Å². The van der Waals surface area contributed by atoms with Crippen LogP contribution in [0.4, 0.5) is 0 Å². The number of rotatable bonds is 2. The molecule has 0 aliphatic heterocycles. The third kappa shape index (κ3) is 5.35. The molecule has 0 unspecified atom stereocenters. The van der Waals surface area contributed by atoms with Crippen molar-refractivity contribution in [2.24, 2.45) is 0 Å². The lowest BCUT2D eigenvalue weighted by molar-refractivity contribution is 0.976. The molecular weight excluding hydrogens is 202 g/mol. The zero-order chi connectivity index (χ0) is 7.44. The van der Waals surface area contributed by atoms with Crippen molar-refractivity contribution < 1.29 is 0 Å². The van der Waals surface area contributed by atoms with E-state index in [2.05, 4.69) is 0 Å². The maximum absolute atomic E-state index is 5.63. The van der Waals surface area contributed by atoms with Crippen LogP contribution in [0.1, 0.15) is 6.92 Å². The largest absolute Gasteiger partial charge is 0.121 e. The van der Waals surface area contributed by atoms with E-state index < -0.39 is 0 Å². The fourth-order valence-corrected chi connectivity index (χ4v) is 0.852. The molecule has 0 spiro atoms. The second kappa shape index (κ2) is 4.68. The van der Waals surface area contributed by atoms with Crippen molar-refractivity contribution in [2.45, 2.75) is 17.7 Å². The van der Waals surface area contributed by atoms with Gasteiger partial charge in [-0.1, -0.05) is 23.2 Å². The van der Waals surface area contributed by atoms with Crippen molar-refractivity contribution >= 4 is 46.4 Å². The molecule has 4 heteroatoms. The Bertz CT molecular complexity index is 104. The van der Waals surface area contributed by atoms with Crippen molar-refractivity contribution in [1.29, 1.82) is 0 Å². The summed E-state index contributed by atoms with van der Waals surface area (Å²) in [5, 5.41) is -0.448. The van der Waals surface area contributed by atoms with Gasteiger partial charge in [-0.05, 0) is 13.0 Å². The quantitative estimate of drug-likeness (QED) is 0.608. The number of hydrogen-bond donors (Lipinski definition) is 0. The van der Waals surface area contributed by atoms with Crippen molar-refractivity contribution in [3.63, 3.8) is 0 Å². The predicted molar refractivity (Wildman–Crippen MR) is 44.7 cm³/mol. The van der Waals surface area contributed by atoms with Gasteiger partial charge >= 0.3 is 0 Å². The van der Waals surface area contributed by atoms with Crippen LogP contribution in [0.2, 0.25) is 0 Å². The monoisotopic (exact) mass is 206 g/mol. The van der Waals surface area contributed by atoms with Gasteiger partial charge in [0.25, 0.3) is 0 Å². The molecule has 0 aromatic rings. The Morgan fingerprint density at radius 3 is 1.89 bits per heavy atom. The summed E-state index contributed by atoms with van der Waals surface area (Å²) in [5.41, 5.74) is 0. The molecule has 0 aliphatic carbocycles. The molecule has 0 amide bonds. The molecule has 0 saturated carbocycles. The second-order valence-corrected chi connectivity index (χ2v) is 3.78. The molecule has 54 valence electrons. The molecule has 0 nitrogen and oxygen atoms in total. The highest BCUT2D eigenvalue weighted by molar-refractivity contribution is 6.56. The van der Waals surface area contributed by atoms with Gasteiger partial charge in [0.2, 0.25) is 0 Å². The first-order valence-corrected chi connectivity index (χ1v) is 3.98. The lowest BCUT2D eigenvalue weighted by atomic mass is 10.3. The van der Waals surface area contributed by atoms with E-state index in [9.17, 15) is 0 Å². The second-order valence-electron chi connectivity index (χ2n) is 1.58. The van der Waals surface area contributed by atoms with Crippen LogP contribution in [0, 0.1) is 0 Å². The smallest absolute Gasteiger partial charge is 0.104 e. The summed E-state index contributed by atoms with van der Waals surface area (Å²) in [6, 6.07) is 0. The Balaban J connectivity index is 3.76. The van der Waals surface area contributed by atoms with E-state index in [0.717, 1.165) is 0 Å². The van der Waals surface area contributed by atoms with Gasteiger partial charge in [0.1, 0.15) is 4.49 Å².